The summed E-state index contributed by atoms with van der Waals surface area (Å²) in [6.07, 6.45) is 12.7. The van der Waals surface area contributed by atoms with Gasteiger partial charge in [-0.1, -0.05) is 71.1 Å². The molecule has 5 aliphatic rings. The molecule has 4 heterocycles. The first-order chi connectivity index (χ1) is 31.3. The van der Waals surface area contributed by atoms with Crippen LogP contribution in [0.5, 0.6) is 0 Å². The van der Waals surface area contributed by atoms with Crippen LogP contribution in [-0.4, -0.2) is 138 Å². The summed E-state index contributed by atoms with van der Waals surface area (Å²) >= 11 is 0. The van der Waals surface area contributed by atoms with Crippen LogP contribution in [0.4, 0.5) is 0 Å². The molecule has 1 spiro atoms. The number of ketones is 2. The highest BCUT2D eigenvalue weighted by Gasteiger charge is 2.72. The van der Waals surface area contributed by atoms with Gasteiger partial charge >= 0.3 is 5.97 Å². The minimum atomic E-state index is -1.96. The fourth-order valence-corrected chi connectivity index (χ4v) is 10.8. The van der Waals surface area contributed by atoms with E-state index < -0.39 is 77.6 Å². The number of epoxide rings is 1. The number of amides is 1. The number of aliphatic hydroxyl groups excluding tert-OH is 2. The van der Waals surface area contributed by atoms with Crippen molar-refractivity contribution in [3.63, 3.8) is 0 Å². The van der Waals surface area contributed by atoms with Gasteiger partial charge in [0.25, 0.3) is 5.91 Å². The van der Waals surface area contributed by atoms with E-state index in [9.17, 15) is 34.5 Å². The SMILES string of the molecule is CO[C@H]1C[C@@H]2CC[C@@H](C)[C@@](O)(O2)C2(CO2)C(=O)N2CCCCC2C(=O)OC([C@H](C)CC2CC[C@@H](O)[C@H](OC)C2)CC(=O)[C@H](C)/C=C(\C)C(O)[C@@H](OC)C(=O)C(C)CC(C)/C=C/C=C/C=C1C. The first kappa shape index (κ1) is 53.9. The Labute approximate surface area is 393 Å². The van der Waals surface area contributed by atoms with Crippen LogP contribution in [0, 0.1) is 35.5 Å². The van der Waals surface area contributed by atoms with Gasteiger partial charge in [0.2, 0.25) is 11.4 Å². The normalized spacial score (nSPS) is 42.1. The summed E-state index contributed by atoms with van der Waals surface area (Å²) in [7, 11) is 4.61. The van der Waals surface area contributed by atoms with Crippen LogP contribution in [0.1, 0.15) is 126 Å². The lowest BCUT2D eigenvalue weighted by Crippen LogP contribution is -2.65. The number of carbonyl (C=O) groups excluding carboxylic acids is 4. The zero-order valence-electron chi connectivity index (χ0n) is 41.3. The lowest BCUT2D eigenvalue weighted by atomic mass is 9.78. The number of Topliss-reactive ketones (excluding diaryl/α,β-unsaturated/α-hetero) is 2. The third-order valence-electron chi connectivity index (χ3n) is 15.3. The van der Waals surface area contributed by atoms with E-state index in [4.69, 9.17) is 28.4 Å². The molecule has 4 fully saturated rings. The fraction of sp³-hybridized carbons (Fsp3) is 0.769. The molecule has 1 aliphatic carbocycles. The van der Waals surface area contributed by atoms with E-state index in [0.29, 0.717) is 69.8 Å². The van der Waals surface area contributed by atoms with Gasteiger partial charge in [-0.3, -0.25) is 14.4 Å². The van der Waals surface area contributed by atoms with E-state index >= 15 is 0 Å². The Hall–Kier alpha value is -3.08. The first-order valence-corrected chi connectivity index (χ1v) is 24.6. The van der Waals surface area contributed by atoms with E-state index in [1.807, 2.05) is 65.0 Å². The van der Waals surface area contributed by atoms with Gasteiger partial charge in [0.05, 0.1) is 31.0 Å². The van der Waals surface area contributed by atoms with Crippen molar-refractivity contribution in [3.8, 4) is 0 Å². The number of aliphatic hydroxyl groups is 3. The number of methoxy groups -OCH3 is 3. The molecule has 16 atom stereocenters. The van der Waals surface area contributed by atoms with Gasteiger partial charge in [-0.15, -0.1) is 0 Å². The maximum Gasteiger partial charge on any atom is 0.329 e. The van der Waals surface area contributed by atoms with Crippen molar-refractivity contribution >= 4 is 23.4 Å². The van der Waals surface area contributed by atoms with Crippen molar-refractivity contribution in [1.82, 2.24) is 4.90 Å². The number of fused-ring (bicyclic) bond motifs is 4. The number of nitrogens with zero attached hydrogens (tertiary/aromatic N) is 1. The first-order valence-electron chi connectivity index (χ1n) is 24.6. The van der Waals surface area contributed by atoms with Gasteiger partial charge < -0.3 is 48.6 Å². The summed E-state index contributed by atoms with van der Waals surface area (Å²) in [6.45, 7) is 13.2. The third kappa shape index (κ3) is 12.8. The van der Waals surface area contributed by atoms with Crippen LogP contribution in [0.15, 0.2) is 47.6 Å². The number of piperidine rings is 1. The van der Waals surface area contributed by atoms with E-state index in [-0.39, 0.29) is 61.1 Å². The van der Waals surface area contributed by atoms with Crippen LogP contribution in [0.3, 0.4) is 0 Å². The summed E-state index contributed by atoms with van der Waals surface area (Å²) in [5.74, 6) is -5.27. The van der Waals surface area contributed by atoms with E-state index in [0.717, 1.165) is 12.0 Å². The molecule has 0 aromatic rings. The second kappa shape index (κ2) is 24.0. The molecule has 0 radical (unpaired) electrons. The standard InChI is InChI=1S/C52H81NO13/c1-31-16-12-11-13-17-32(2)43(61-8)28-39-21-19-37(7)52(60,66-39)51(30-64-51)50(59)53-23-15-14-18-40(53)49(58)65-44(34(4)26-38-20-22-41(54)45(27-38)62-9)29-42(55)33(3)25-36(6)47(57)48(63-10)46(56)35(5)24-31/h11-13,16-17,25,31,33-35,37-41,43-45,47-48,54,57,60H,14-15,18-24,26-30H2,1-10H3/b13-11+,16-12+,32-17?,36-25+/t31?,33-,34-,35?,37-,38?,39+,40?,41-,43+,44?,45-,47?,48+,51?,52-/m1/s1. The third-order valence-corrected chi connectivity index (χ3v) is 15.3. The largest absolute Gasteiger partial charge is 0.460 e. The van der Waals surface area contributed by atoms with Gasteiger partial charge in [-0.05, 0) is 107 Å². The van der Waals surface area contributed by atoms with Gasteiger partial charge in [0, 0.05) is 58.5 Å². The molecule has 3 N–H and O–H groups in total. The predicted octanol–water partition coefficient (Wildman–Crippen LogP) is 6.38. The van der Waals surface area contributed by atoms with Crippen molar-refractivity contribution < 1.29 is 62.9 Å². The van der Waals surface area contributed by atoms with Gasteiger partial charge in [0.15, 0.2) is 5.78 Å². The van der Waals surface area contributed by atoms with E-state index in [1.54, 1.807) is 34.1 Å². The maximum atomic E-state index is 14.8. The van der Waals surface area contributed by atoms with Crippen molar-refractivity contribution in [2.75, 3.05) is 34.5 Å². The Bertz CT molecular complexity index is 1790. The fourth-order valence-electron chi connectivity index (χ4n) is 10.8. The Morgan fingerprint density at radius 2 is 1.59 bits per heavy atom. The molecule has 0 aromatic heterocycles. The maximum absolute atomic E-state index is 14.8. The van der Waals surface area contributed by atoms with Gasteiger partial charge in [0.1, 0.15) is 30.1 Å². The highest BCUT2D eigenvalue weighted by Crippen LogP contribution is 2.50. The average Bonchev–Trinajstić information content (AvgIpc) is 4.12. The molecule has 14 heteroatoms. The van der Waals surface area contributed by atoms with Crippen molar-refractivity contribution in [1.29, 1.82) is 0 Å². The minimum Gasteiger partial charge on any atom is -0.460 e. The second-order valence-corrected chi connectivity index (χ2v) is 20.4. The molecule has 4 aliphatic heterocycles. The molecule has 2 bridgehead atoms. The highest BCUT2D eigenvalue weighted by atomic mass is 16.7. The summed E-state index contributed by atoms with van der Waals surface area (Å²) < 4.78 is 36.0. The summed E-state index contributed by atoms with van der Waals surface area (Å²) in [4.78, 5) is 58.8. The van der Waals surface area contributed by atoms with Crippen LogP contribution in [-0.2, 0) is 47.6 Å². The Balaban J connectivity index is 1.48. The zero-order chi connectivity index (χ0) is 48.5. The summed E-state index contributed by atoms with van der Waals surface area (Å²) in [5, 5.41) is 34.5. The van der Waals surface area contributed by atoms with Crippen molar-refractivity contribution in [3.05, 3.63) is 47.6 Å². The van der Waals surface area contributed by atoms with Crippen molar-refractivity contribution in [2.45, 2.75) is 186 Å². The molecular formula is C52H81NO13. The molecule has 372 valence electrons. The molecule has 7 unspecified atom stereocenters. The monoisotopic (exact) mass is 928 g/mol. The number of esters is 1. The Morgan fingerprint density at radius 1 is 0.864 bits per heavy atom. The Kier molecular flexibility index (Phi) is 19.6. The molecule has 66 heavy (non-hydrogen) atoms. The molecule has 5 rings (SSSR count). The summed E-state index contributed by atoms with van der Waals surface area (Å²) in [5.41, 5.74) is -0.349. The summed E-state index contributed by atoms with van der Waals surface area (Å²) in [6, 6.07) is -0.980. The zero-order valence-corrected chi connectivity index (χ0v) is 41.3. The smallest absolute Gasteiger partial charge is 0.329 e. The molecule has 3 saturated heterocycles. The molecule has 1 amide bonds. The number of ether oxygens (including phenoxy) is 6. The van der Waals surface area contributed by atoms with E-state index in [2.05, 4.69) is 0 Å². The molecule has 1 saturated carbocycles. The molecule has 14 nitrogen and oxygen atoms in total. The lowest BCUT2D eigenvalue weighted by molar-refractivity contribution is -0.309. The highest BCUT2D eigenvalue weighted by molar-refractivity contribution is 5.93. The van der Waals surface area contributed by atoms with Crippen molar-refractivity contribution in [2.24, 2.45) is 35.5 Å². The van der Waals surface area contributed by atoms with Crippen LogP contribution in [0.25, 0.3) is 0 Å². The van der Waals surface area contributed by atoms with Gasteiger partial charge in [-0.25, -0.2) is 4.79 Å². The van der Waals surface area contributed by atoms with Crippen LogP contribution in [0.2, 0.25) is 0 Å². The van der Waals surface area contributed by atoms with E-state index in [1.165, 1.54) is 12.0 Å². The number of cyclic esters (lactones) is 1. The molecule has 0 aromatic carbocycles. The quantitative estimate of drug-likeness (QED) is 0.151. The number of carbonyl (C=O) groups is 4. The number of hydrogen-bond donors (Lipinski definition) is 3. The Morgan fingerprint density at radius 3 is 2.26 bits per heavy atom. The van der Waals surface area contributed by atoms with Gasteiger partial charge in [-0.2, -0.15) is 0 Å². The number of allylic oxidation sites excluding steroid dienone is 6. The molecular weight excluding hydrogens is 847 g/mol. The topological polar surface area (TPSA) is 191 Å². The number of rotatable bonds is 6. The average molecular weight is 928 g/mol. The lowest BCUT2D eigenvalue weighted by Gasteiger charge is -2.47. The second-order valence-electron chi connectivity index (χ2n) is 20.4. The predicted molar refractivity (Wildman–Crippen MR) is 249 cm³/mol. The number of hydrogen-bond acceptors (Lipinski definition) is 13. The van der Waals surface area contributed by atoms with Crippen LogP contribution >= 0.6 is 0 Å². The minimum absolute atomic E-state index is 0.0388. The van der Waals surface area contributed by atoms with Crippen LogP contribution < -0.4 is 0 Å².